The summed E-state index contributed by atoms with van der Waals surface area (Å²) in [5, 5.41) is 3.07. The summed E-state index contributed by atoms with van der Waals surface area (Å²) in [6.45, 7) is 1.36. The second-order valence-corrected chi connectivity index (χ2v) is 7.51. The van der Waals surface area contributed by atoms with Crippen molar-refractivity contribution in [3.63, 3.8) is 0 Å². The monoisotopic (exact) mass is 384 g/mol. The van der Waals surface area contributed by atoms with Crippen molar-refractivity contribution in [3.8, 4) is 5.75 Å². The highest BCUT2D eigenvalue weighted by molar-refractivity contribution is 8.00. The predicted molar refractivity (Wildman–Crippen MR) is 107 cm³/mol. The Kier molecular flexibility index (Phi) is 6.76. The van der Waals surface area contributed by atoms with Crippen molar-refractivity contribution in [2.45, 2.75) is 23.8 Å². The van der Waals surface area contributed by atoms with E-state index >= 15 is 0 Å². The van der Waals surface area contributed by atoms with Crippen molar-refractivity contribution < 1.29 is 14.3 Å². The minimum absolute atomic E-state index is 0.0459. The van der Waals surface area contributed by atoms with E-state index in [0.717, 1.165) is 23.5 Å². The third-order valence-electron chi connectivity index (χ3n) is 4.64. The van der Waals surface area contributed by atoms with Crippen LogP contribution < -0.4 is 10.1 Å². The molecule has 0 saturated carbocycles. The van der Waals surface area contributed by atoms with E-state index in [2.05, 4.69) is 5.32 Å². The molecule has 1 aliphatic heterocycles. The number of methoxy groups -OCH3 is 1. The summed E-state index contributed by atoms with van der Waals surface area (Å²) in [5.41, 5.74) is 0.673. The number of benzene rings is 2. The zero-order chi connectivity index (χ0) is 19.1. The van der Waals surface area contributed by atoms with Crippen LogP contribution >= 0.6 is 11.8 Å². The molecule has 1 heterocycles. The Morgan fingerprint density at radius 1 is 1.07 bits per heavy atom. The van der Waals surface area contributed by atoms with Crippen LogP contribution in [0, 0.1) is 0 Å². The van der Waals surface area contributed by atoms with Crippen molar-refractivity contribution in [1.29, 1.82) is 0 Å². The molecule has 0 bridgehead atoms. The Morgan fingerprint density at radius 3 is 2.37 bits per heavy atom. The molecule has 2 amide bonds. The molecule has 1 N–H and O–H groups in total. The molecule has 0 unspecified atom stereocenters. The lowest BCUT2D eigenvalue weighted by molar-refractivity contribution is -0.129. The summed E-state index contributed by atoms with van der Waals surface area (Å²) < 4.78 is 5.14. The van der Waals surface area contributed by atoms with Crippen LogP contribution in [-0.2, 0) is 4.79 Å². The molecule has 0 radical (unpaired) electrons. The lowest BCUT2D eigenvalue weighted by Gasteiger charge is -2.32. The number of nitrogens with one attached hydrogen (secondary N) is 1. The first-order valence-electron chi connectivity index (χ1n) is 9.06. The van der Waals surface area contributed by atoms with Crippen LogP contribution in [0.15, 0.2) is 59.5 Å². The fourth-order valence-electron chi connectivity index (χ4n) is 3.04. The zero-order valence-corrected chi connectivity index (χ0v) is 16.2. The van der Waals surface area contributed by atoms with Crippen LogP contribution in [0.5, 0.6) is 5.75 Å². The summed E-state index contributed by atoms with van der Waals surface area (Å²) in [5.74, 6) is 1.33. The van der Waals surface area contributed by atoms with Crippen LogP contribution in [0.4, 0.5) is 0 Å². The molecule has 0 aromatic heterocycles. The van der Waals surface area contributed by atoms with Gasteiger partial charge in [-0.25, -0.2) is 0 Å². The van der Waals surface area contributed by atoms with E-state index < -0.39 is 0 Å². The molecule has 6 heteroatoms. The Hall–Kier alpha value is -2.47. The summed E-state index contributed by atoms with van der Waals surface area (Å²) >= 11 is 1.53. The first-order valence-corrected chi connectivity index (χ1v) is 10.0. The predicted octanol–water partition coefficient (Wildman–Crippen LogP) is 3.21. The summed E-state index contributed by atoms with van der Waals surface area (Å²) in [7, 11) is 1.64. The van der Waals surface area contributed by atoms with E-state index in [1.54, 1.807) is 7.11 Å². The average molecular weight is 385 g/mol. The van der Waals surface area contributed by atoms with Crippen LogP contribution in [-0.4, -0.2) is 48.7 Å². The highest BCUT2D eigenvalue weighted by Crippen LogP contribution is 2.22. The number of carbonyl (C=O) groups excluding carboxylic acids is 2. The van der Waals surface area contributed by atoms with E-state index in [-0.39, 0.29) is 17.9 Å². The number of piperidine rings is 1. The topological polar surface area (TPSA) is 58.6 Å². The van der Waals surface area contributed by atoms with Crippen LogP contribution in [0.25, 0.3) is 0 Å². The average Bonchev–Trinajstić information content (AvgIpc) is 2.73. The molecule has 142 valence electrons. The minimum Gasteiger partial charge on any atom is -0.497 e. The molecule has 0 aliphatic carbocycles. The van der Waals surface area contributed by atoms with Crippen molar-refractivity contribution >= 4 is 23.6 Å². The number of nitrogens with zero attached hydrogens (tertiary/aromatic N) is 1. The smallest absolute Gasteiger partial charge is 0.251 e. The fourth-order valence-corrected chi connectivity index (χ4v) is 3.84. The molecule has 1 saturated heterocycles. The van der Waals surface area contributed by atoms with Gasteiger partial charge in [0.25, 0.3) is 5.91 Å². The number of thioether (sulfide) groups is 1. The van der Waals surface area contributed by atoms with E-state index in [9.17, 15) is 9.59 Å². The Labute approximate surface area is 164 Å². The molecule has 1 aliphatic rings. The second kappa shape index (κ2) is 9.46. The van der Waals surface area contributed by atoms with Gasteiger partial charge in [-0.05, 0) is 49.2 Å². The molecular formula is C21H24N2O3S. The van der Waals surface area contributed by atoms with Gasteiger partial charge in [0.15, 0.2) is 0 Å². The third-order valence-corrected chi connectivity index (χ3v) is 5.64. The van der Waals surface area contributed by atoms with Gasteiger partial charge >= 0.3 is 0 Å². The van der Waals surface area contributed by atoms with Gasteiger partial charge in [-0.15, -0.1) is 11.8 Å². The maximum Gasteiger partial charge on any atom is 0.251 e. The minimum atomic E-state index is -0.0459. The molecule has 3 rings (SSSR count). The normalized spacial score (nSPS) is 14.6. The molecular weight excluding hydrogens is 360 g/mol. The molecule has 1 fully saturated rings. The first-order chi connectivity index (χ1) is 13.2. The number of rotatable bonds is 6. The fraction of sp³-hybridized carbons (Fsp3) is 0.333. The van der Waals surface area contributed by atoms with E-state index in [0.29, 0.717) is 24.4 Å². The third kappa shape index (κ3) is 5.50. The number of hydrogen-bond acceptors (Lipinski definition) is 4. The molecule has 2 aromatic rings. The lowest BCUT2D eigenvalue weighted by atomic mass is 10.0. The van der Waals surface area contributed by atoms with Crippen molar-refractivity contribution in [2.24, 2.45) is 0 Å². The number of amides is 2. The Bertz CT molecular complexity index is 757. The molecule has 5 nitrogen and oxygen atoms in total. The van der Waals surface area contributed by atoms with E-state index in [1.807, 2.05) is 59.5 Å². The molecule has 2 aromatic carbocycles. The SMILES string of the molecule is COc1ccc(SCC(=O)N2CCC(NC(=O)c3ccccc3)CC2)cc1. The van der Waals surface area contributed by atoms with Crippen LogP contribution in [0.2, 0.25) is 0 Å². The van der Waals surface area contributed by atoms with Gasteiger partial charge < -0.3 is 15.0 Å². The number of hydrogen-bond donors (Lipinski definition) is 1. The van der Waals surface area contributed by atoms with Crippen molar-refractivity contribution in [3.05, 3.63) is 60.2 Å². The largest absolute Gasteiger partial charge is 0.497 e. The van der Waals surface area contributed by atoms with E-state index in [1.165, 1.54) is 11.8 Å². The van der Waals surface area contributed by atoms with Gasteiger partial charge in [0.1, 0.15) is 5.75 Å². The molecule has 0 spiro atoms. The summed E-state index contributed by atoms with van der Waals surface area (Å²) in [4.78, 5) is 27.6. The van der Waals surface area contributed by atoms with Gasteiger partial charge in [0.05, 0.1) is 12.9 Å². The Balaban J connectivity index is 1.41. The molecule has 27 heavy (non-hydrogen) atoms. The number of carbonyl (C=O) groups is 2. The van der Waals surface area contributed by atoms with Gasteiger partial charge in [0, 0.05) is 29.6 Å². The maximum absolute atomic E-state index is 12.4. The van der Waals surface area contributed by atoms with Crippen molar-refractivity contribution in [2.75, 3.05) is 26.0 Å². The highest BCUT2D eigenvalue weighted by atomic mass is 32.2. The number of ether oxygens (including phenoxy) is 1. The highest BCUT2D eigenvalue weighted by Gasteiger charge is 2.24. The van der Waals surface area contributed by atoms with Gasteiger partial charge in [0.2, 0.25) is 5.91 Å². The maximum atomic E-state index is 12.4. The summed E-state index contributed by atoms with van der Waals surface area (Å²) in [6, 6.07) is 17.1. The number of likely N-dealkylation sites (tertiary alicyclic amines) is 1. The quantitative estimate of drug-likeness (QED) is 0.777. The van der Waals surface area contributed by atoms with E-state index in [4.69, 9.17) is 4.74 Å². The standard InChI is InChI=1S/C21H24N2O3S/c1-26-18-7-9-19(10-8-18)27-15-20(24)23-13-11-17(12-14-23)22-21(25)16-5-3-2-4-6-16/h2-10,17H,11-15H2,1H3,(H,22,25). The van der Waals surface area contributed by atoms with Gasteiger partial charge in [-0.2, -0.15) is 0 Å². The second-order valence-electron chi connectivity index (χ2n) is 6.46. The van der Waals surface area contributed by atoms with Crippen LogP contribution in [0.1, 0.15) is 23.2 Å². The Morgan fingerprint density at radius 2 is 1.74 bits per heavy atom. The summed E-state index contributed by atoms with van der Waals surface area (Å²) in [6.07, 6.45) is 1.58. The van der Waals surface area contributed by atoms with Crippen LogP contribution in [0.3, 0.4) is 0 Å². The zero-order valence-electron chi connectivity index (χ0n) is 15.4. The lowest BCUT2D eigenvalue weighted by Crippen LogP contribution is -2.47. The van der Waals surface area contributed by atoms with Crippen molar-refractivity contribution in [1.82, 2.24) is 10.2 Å². The molecule has 0 atom stereocenters. The first kappa shape index (κ1) is 19.3. The van der Waals surface area contributed by atoms with Gasteiger partial charge in [-0.1, -0.05) is 18.2 Å². The van der Waals surface area contributed by atoms with Gasteiger partial charge in [-0.3, -0.25) is 9.59 Å².